The van der Waals surface area contributed by atoms with Gasteiger partial charge < -0.3 is 9.30 Å². The van der Waals surface area contributed by atoms with Gasteiger partial charge in [-0.25, -0.2) is 19.9 Å². The molecule has 4 heterocycles. The Morgan fingerprint density at radius 2 is 1.84 bits per heavy atom. The molecule has 0 saturated carbocycles. The molecule has 0 aliphatic carbocycles. The lowest BCUT2D eigenvalue weighted by Gasteiger charge is -2.30. The summed E-state index contributed by atoms with van der Waals surface area (Å²) in [5, 5.41) is 0. The van der Waals surface area contributed by atoms with E-state index in [4.69, 9.17) is 14.7 Å². The van der Waals surface area contributed by atoms with Crippen LogP contribution in [0.1, 0.15) is 86.6 Å². The Morgan fingerprint density at radius 1 is 1.14 bits per heavy atom. The van der Waals surface area contributed by atoms with Crippen molar-refractivity contribution in [3.63, 3.8) is 0 Å². The van der Waals surface area contributed by atoms with E-state index in [1.807, 2.05) is 27.0 Å². The molecule has 0 radical (unpaired) electrons. The topological polar surface area (TPSA) is 82.8 Å². The zero-order valence-electron chi connectivity index (χ0n) is 21.8. The van der Waals surface area contributed by atoms with Crippen LogP contribution < -0.4 is 5.56 Å². The highest BCUT2D eigenvalue weighted by molar-refractivity contribution is 5.84. The Hall–Kier alpha value is -3.14. The molecule has 1 aliphatic heterocycles. The van der Waals surface area contributed by atoms with Crippen LogP contribution in [0.25, 0.3) is 16.7 Å². The van der Waals surface area contributed by atoms with E-state index in [1.165, 1.54) is 0 Å². The molecule has 1 aliphatic rings. The molecule has 10 heteroatoms. The predicted molar refractivity (Wildman–Crippen MR) is 135 cm³/mol. The lowest BCUT2D eigenvalue weighted by Crippen LogP contribution is -2.25. The first kappa shape index (κ1) is 26.9. The third-order valence-corrected chi connectivity index (χ3v) is 6.94. The van der Waals surface area contributed by atoms with Gasteiger partial charge in [-0.3, -0.25) is 4.79 Å². The van der Waals surface area contributed by atoms with E-state index in [9.17, 15) is 18.0 Å². The van der Waals surface area contributed by atoms with Crippen molar-refractivity contribution in [2.75, 3.05) is 6.61 Å². The van der Waals surface area contributed by atoms with Gasteiger partial charge in [0.05, 0.1) is 29.1 Å². The molecule has 1 fully saturated rings. The summed E-state index contributed by atoms with van der Waals surface area (Å²) in [6.45, 7) is 13.0. The third-order valence-electron chi connectivity index (χ3n) is 6.94. The molecule has 3 unspecified atom stereocenters. The van der Waals surface area contributed by atoms with Crippen LogP contribution >= 0.6 is 0 Å². The monoisotopic (exact) mass is 515 g/mol. The minimum Gasteiger partial charge on any atom is -0.373 e. The van der Waals surface area contributed by atoms with Crippen molar-refractivity contribution in [3.05, 3.63) is 63.7 Å². The van der Waals surface area contributed by atoms with Gasteiger partial charge in [0.2, 0.25) is 0 Å². The number of halogens is 3. The highest BCUT2D eigenvalue weighted by Crippen LogP contribution is 2.38. The fourth-order valence-electron chi connectivity index (χ4n) is 4.52. The minimum absolute atomic E-state index is 0.00795. The quantitative estimate of drug-likeness (QED) is 0.400. The second-order valence-electron chi connectivity index (χ2n) is 10.1. The van der Waals surface area contributed by atoms with Crippen LogP contribution in [0.2, 0.25) is 0 Å². The van der Waals surface area contributed by atoms with Gasteiger partial charge in [0.1, 0.15) is 11.3 Å². The molecule has 1 saturated heterocycles. The second-order valence-corrected chi connectivity index (χ2v) is 10.1. The van der Waals surface area contributed by atoms with Gasteiger partial charge >= 0.3 is 6.18 Å². The largest absolute Gasteiger partial charge is 0.391 e. The maximum atomic E-state index is 13.3. The number of aryl methyl sites for hydroxylation is 2. The summed E-state index contributed by atoms with van der Waals surface area (Å²) < 4.78 is 47.6. The molecular formula is C27H32F3N5O2. The molecular weight excluding hydrogens is 483 g/mol. The molecule has 198 valence electrons. The average molecular weight is 516 g/mol. The van der Waals surface area contributed by atoms with Crippen LogP contribution in [0, 0.1) is 19.8 Å². The summed E-state index contributed by atoms with van der Waals surface area (Å²) in [7, 11) is 0. The average Bonchev–Trinajstić information content (AvgIpc) is 2.83. The first-order valence-corrected chi connectivity index (χ1v) is 12.5. The van der Waals surface area contributed by atoms with Crippen molar-refractivity contribution < 1.29 is 17.9 Å². The van der Waals surface area contributed by atoms with E-state index in [-0.39, 0.29) is 35.6 Å². The summed E-state index contributed by atoms with van der Waals surface area (Å²) in [5.41, 5.74) is 3.43. The standard InChI is InChI=1S/C27H32F3N5O2/c1-14(2)35-13-20(7-8-22(35)36)21-12-19(9-10-37-21)25-33-23(15(3)11-16(4)27(28,29)30)24-26(34-25)32-18(6)17(5)31-24/h7-8,13-14,16,19,21H,3,9-12H2,1-2,4-6H3. The molecule has 3 atom stereocenters. The Bertz CT molecular complexity index is 1380. The number of ether oxygens (including phenoxy) is 1. The Labute approximate surface area is 213 Å². The minimum atomic E-state index is -4.34. The Kier molecular flexibility index (Phi) is 7.50. The number of aromatic nitrogens is 5. The van der Waals surface area contributed by atoms with Gasteiger partial charge in [-0.2, -0.15) is 13.2 Å². The van der Waals surface area contributed by atoms with E-state index in [1.54, 1.807) is 23.6 Å². The van der Waals surface area contributed by atoms with Crippen LogP contribution in [-0.4, -0.2) is 37.3 Å². The SMILES string of the molecule is C=C(CC(C)C(F)(F)F)c1nc(C2CCOC(c3ccc(=O)n(C(C)C)c3)C2)nc2nc(C)c(C)nc12. The van der Waals surface area contributed by atoms with Crippen molar-refractivity contribution in [1.82, 2.24) is 24.5 Å². The van der Waals surface area contributed by atoms with Gasteiger partial charge in [-0.05, 0) is 64.2 Å². The van der Waals surface area contributed by atoms with Crippen molar-refractivity contribution in [2.45, 2.75) is 78.1 Å². The summed E-state index contributed by atoms with van der Waals surface area (Å²) in [4.78, 5) is 30.8. The second kappa shape index (κ2) is 10.3. The van der Waals surface area contributed by atoms with E-state index in [2.05, 4.69) is 16.5 Å². The lowest BCUT2D eigenvalue weighted by atomic mass is 9.91. The van der Waals surface area contributed by atoms with Gasteiger partial charge in [-0.1, -0.05) is 13.5 Å². The van der Waals surface area contributed by atoms with E-state index >= 15 is 0 Å². The molecule has 7 nitrogen and oxygen atoms in total. The van der Waals surface area contributed by atoms with Crippen LogP contribution in [0.15, 0.2) is 29.7 Å². The maximum absolute atomic E-state index is 13.3. The fourth-order valence-corrected chi connectivity index (χ4v) is 4.52. The fraction of sp³-hybridized carbons (Fsp3) is 0.519. The van der Waals surface area contributed by atoms with Crippen LogP contribution in [0.5, 0.6) is 0 Å². The van der Waals surface area contributed by atoms with Gasteiger partial charge in [0.15, 0.2) is 5.65 Å². The van der Waals surface area contributed by atoms with Crippen molar-refractivity contribution in [1.29, 1.82) is 0 Å². The number of allylic oxidation sites excluding steroid dienone is 1. The summed E-state index contributed by atoms with van der Waals surface area (Å²) >= 11 is 0. The van der Waals surface area contributed by atoms with E-state index in [0.29, 0.717) is 53.5 Å². The molecule has 0 aromatic carbocycles. The van der Waals surface area contributed by atoms with Gasteiger partial charge in [0, 0.05) is 30.8 Å². The van der Waals surface area contributed by atoms with Crippen LogP contribution in [-0.2, 0) is 4.74 Å². The summed E-state index contributed by atoms with van der Waals surface area (Å²) in [6.07, 6.45) is -1.87. The molecule has 0 N–H and O–H groups in total. The number of pyridine rings is 1. The molecule has 3 aromatic rings. The number of nitrogens with zero attached hydrogens (tertiary/aromatic N) is 5. The highest BCUT2D eigenvalue weighted by atomic mass is 19.4. The number of hydrogen-bond acceptors (Lipinski definition) is 6. The predicted octanol–water partition coefficient (Wildman–Crippen LogP) is 6.02. The van der Waals surface area contributed by atoms with E-state index < -0.39 is 12.1 Å². The van der Waals surface area contributed by atoms with Crippen molar-refractivity contribution in [2.24, 2.45) is 5.92 Å². The maximum Gasteiger partial charge on any atom is 0.391 e. The number of alkyl halides is 3. The van der Waals surface area contributed by atoms with E-state index in [0.717, 1.165) is 12.5 Å². The number of rotatable bonds is 6. The molecule has 0 spiro atoms. The molecule has 3 aromatic heterocycles. The highest BCUT2D eigenvalue weighted by Gasteiger charge is 2.37. The summed E-state index contributed by atoms with van der Waals surface area (Å²) in [6, 6.07) is 3.33. The molecule has 4 rings (SSSR count). The van der Waals surface area contributed by atoms with Gasteiger partial charge in [0.25, 0.3) is 5.56 Å². The zero-order valence-corrected chi connectivity index (χ0v) is 21.8. The molecule has 37 heavy (non-hydrogen) atoms. The summed E-state index contributed by atoms with van der Waals surface area (Å²) in [5.74, 6) is -1.19. The van der Waals surface area contributed by atoms with Crippen LogP contribution in [0.4, 0.5) is 13.2 Å². The Morgan fingerprint density at radius 3 is 2.51 bits per heavy atom. The normalized spacial score (nSPS) is 19.4. The van der Waals surface area contributed by atoms with Crippen molar-refractivity contribution in [3.8, 4) is 0 Å². The van der Waals surface area contributed by atoms with Crippen molar-refractivity contribution >= 4 is 16.7 Å². The number of hydrogen-bond donors (Lipinski definition) is 0. The number of fused-ring (bicyclic) bond motifs is 1. The zero-order chi connectivity index (χ0) is 27.1. The lowest BCUT2D eigenvalue weighted by molar-refractivity contribution is -0.167. The van der Waals surface area contributed by atoms with Gasteiger partial charge in [-0.15, -0.1) is 0 Å². The Balaban J connectivity index is 1.72. The smallest absolute Gasteiger partial charge is 0.373 e. The molecule has 0 amide bonds. The first-order valence-electron chi connectivity index (χ1n) is 12.5. The third kappa shape index (κ3) is 5.74. The molecule has 0 bridgehead atoms. The van der Waals surface area contributed by atoms with Crippen LogP contribution in [0.3, 0.4) is 0 Å². The first-order chi connectivity index (χ1) is 17.3.